The Kier molecular flexibility index (Phi) is 18.5. The largest absolute Gasteiger partial charge is 0.481 e. The van der Waals surface area contributed by atoms with Gasteiger partial charge in [-0.1, -0.05) is 90.9 Å². The smallest absolute Gasteiger partial charge is 0.308 e. The van der Waals surface area contributed by atoms with Crippen molar-refractivity contribution in [3.63, 3.8) is 0 Å². The second-order valence-electron chi connectivity index (χ2n) is 8.03. The number of carboxylic acid groups (broad SMARTS) is 1. The number of unbranched alkanes of at least 4 members (excludes halogenated alkanes) is 11. The highest BCUT2D eigenvalue weighted by Gasteiger charge is 2.20. The zero-order valence-corrected chi connectivity index (χ0v) is 18.3. The van der Waals surface area contributed by atoms with E-state index >= 15 is 0 Å². The molecule has 0 rings (SSSR count). The van der Waals surface area contributed by atoms with Gasteiger partial charge in [0.1, 0.15) is 6.10 Å². The van der Waals surface area contributed by atoms with Crippen molar-refractivity contribution in [2.45, 2.75) is 135 Å². The van der Waals surface area contributed by atoms with Crippen molar-refractivity contribution in [2.24, 2.45) is 0 Å². The van der Waals surface area contributed by atoms with Gasteiger partial charge in [-0.2, -0.15) is 0 Å². The molecule has 0 saturated heterocycles. The van der Waals surface area contributed by atoms with Gasteiger partial charge in [-0.05, 0) is 19.3 Å². The molecule has 0 aliphatic heterocycles. The molecule has 0 saturated carbocycles. The molecular weight excluding hydrogens is 356 g/mol. The minimum atomic E-state index is -0.951. The summed E-state index contributed by atoms with van der Waals surface area (Å²) in [5, 5.41) is 19.1. The zero-order valence-electron chi connectivity index (χ0n) is 18.3. The second kappa shape index (κ2) is 19.2. The van der Waals surface area contributed by atoms with Crippen molar-refractivity contribution >= 4 is 11.9 Å². The highest BCUT2D eigenvalue weighted by Crippen LogP contribution is 2.15. The molecule has 166 valence electrons. The second-order valence-corrected chi connectivity index (χ2v) is 8.03. The molecule has 0 aliphatic carbocycles. The van der Waals surface area contributed by atoms with E-state index in [1.165, 1.54) is 51.4 Å². The SMILES string of the molecule is CCCCCCCCCC(O)CC(=O)OC(CCCCCCCC)CC(=O)O. The highest BCUT2D eigenvalue weighted by atomic mass is 16.5. The molecule has 0 heterocycles. The summed E-state index contributed by atoms with van der Waals surface area (Å²) in [7, 11) is 0. The fourth-order valence-electron chi connectivity index (χ4n) is 3.42. The molecule has 0 bridgehead atoms. The number of rotatable bonds is 20. The maximum Gasteiger partial charge on any atom is 0.308 e. The zero-order chi connectivity index (χ0) is 21.0. The van der Waals surface area contributed by atoms with E-state index in [-0.39, 0.29) is 12.8 Å². The van der Waals surface area contributed by atoms with Gasteiger partial charge in [0.25, 0.3) is 0 Å². The van der Waals surface area contributed by atoms with Crippen LogP contribution in [0.5, 0.6) is 0 Å². The van der Waals surface area contributed by atoms with E-state index in [4.69, 9.17) is 9.84 Å². The van der Waals surface area contributed by atoms with E-state index in [9.17, 15) is 14.7 Å². The van der Waals surface area contributed by atoms with Gasteiger partial charge in [0, 0.05) is 0 Å². The first-order valence-corrected chi connectivity index (χ1v) is 11.6. The van der Waals surface area contributed by atoms with Crippen LogP contribution < -0.4 is 0 Å². The Morgan fingerprint density at radius 3 is 1.68 bits per heavy atom. The lowest BCUT2D eigenvalue weighted by Crippen LogP contribution is -2.24. The predicted molar refractivity (Wildman–Crippen MR) is 113 cm³/mol. The number of aliphatic carboxylic acids is 1. The minimum Gasteiger partial charge on any atom is -0.481 e. The molecule has 0 radical (unpaired) electrons. The van der Waals surface area contributed by atoms with Crippen molar-refractivity contribution in [3.8, 4) is 0 Å². The highest BCUT2D eigenvalue weighted by molar-refractivity contribution is 5.71. The molecule has 2 N–H and O–H groups in total. The Labute approximate surface area is 172 Å². The fraction of sp³-hybridized carbons (Fsp3) is 0.913. The van der Waals surface area contributed by atoms with E-state index in [2.05, 4.69) is 13.8 Å². The average Bonchev–Trinajstić information content (AvgIpc) is 2.63. The monoisotopic (exact) mass is 400 g/mol. The molecule has 2 unspecified atom stereocenters. The van der Waals surface area contributed by atoms with Gasteiger partial charge in [0.05, 0.1) is 18.9 Å². The van der Waals surface area contributed by atoms with Crippen molar-refractivity contribution in [1.29, 1.82) is 0 Å². The standard InChI is InChI=1S/C23H44O5/c1-3-5-7-9-11-12-14-16-20(24)18-23(27)28-21(19-22(25)26)17-15-13-10-8-6-4-2/h20-21,24H,3-19H2,1-2H3,(H,25,26). The molecule has 0 amide bonds. The van der Waals surface area contributed by atoms with Gasteiger partial charge in [-0.15, -0.1) is 0 Å². The lowest BCUT2D eigenvalue weighted by molar-refractivity contribution is -0.155. The van der Waals surface area contributed by atoms with Crippen LogP contribution in [0.2, 0.25) is 0 Å². The molecule has 5 nitrogen and oxygen atoms in total. The number of carbonyl (C=O) groups excluding carboxylic acids is 1. The molecular formula is C23H44O5. The summed E-state index contributed by atoms with van der Waals surface area (Å²) in [6.45, 7) is 4.37. The summed E-state index contributed by atoms with van der Waals surface area (Å²) < 4.78 is 5.35. The summed E-state index contributed by atoms with van der Waals surface area (Å²) in [5.41, 5.74) is 0. The van der Waals surface area contributed by atoms with Crippen LogP contribution >= 0.6 is 0 Å². The molecule has 0 spiro atoms. The normalized spacial score (nSPS) is 13.2. The van der Waals surface area contributed by atoms with Crippen LogP contribution in [-0.2, 0) is 14.3 Å². The lowest BCUT2D eigenvalue weighted by atomic mass is 10.0. The van der Waals surface area contributed by atoms with Crippen LogP contribution in [0.4, 0.5) is 0 Å². The summed E-state index contributed by atoms with van der Waals surface area (Å²) in [5.74, 6) is -1.43. The number of hydrogen-bond donors (Lipinski definition) is 2. The number of ether oxygens (including phenoxy) is 1. The molecule has 0 aromatic heterocycles. The van der Waals surface area contributed by atoms with Crippen LogP contribution in [0.3, 0.4) is 0 Å². The van der Waals surface area contributed by atoms with Crippen LogP contribution in [0.1, 0.15) is 123 Å². The van der Waals surface area contributed by atoms with Crippen LogP contribution in [0.25, 0.3) is 0 Å². The van der Waals surface area contributed by atoms with Gasteiger partial charge in [-0.3, -0.25) is 9.59 Å². The first-order valence-electron chi connectivity index (χ1n) is 11.6. The number of hydrogen-bond acceptors (Lipinski definition) is 4. The summed E-state index contributed by atoms with van der Waals surface area (Å²) in [6, 6.07) is 0. The van der Waals surface area contributed by atoms with Crippen LogP contribution in [0.15, 0.2) is 0 Å². The number of carbonyl (C=O) groups is 2. The van der Waals surface area contributed by atoms with E-state index in [1.54, 1.807) is 0 Å². The number of aliphatic hydroxyl groups excluding tert-OH is 1. The molecule has 0 fully saturated rings. The molecule has 2 atom stereocenters. The Morgan fingerprint density at radius 1 is 0.714 bits per heavy atom. The van der Waals surface area contributed by atoms with Crippen molar-refractivity contribution in [1.82, 2.24) is 0 Å². The average molecular weight is 401 g/mol. The molecule has 28 heavy (non-hydrogen) atoms. The van der Waals surface area contributed by atoms with Gasteiger partial charge in [-0.25, -0.2) is 0 Å². The third-order valence-corrected chi connectivity index (χ3v) is 5.12. The fourth-order valence-corrected chi connectivity index (χ4v) is 3.42. The maximum absolute atomic E-state index is 12.1. The van der Waals surface area contributed by atoms with Crippen molar-refractivity contribution in [3.05, 3.63) is 0 Å². The van der Waals surface area contributed by atoms with Gasteiger partial charge < -0.3 is 14.9 Å². The Morgan fingerprint density at radius 2 is 1.18 bits per heavy atom. The molecule has 5 heteroatoms. The van der Waals surface area contributed by atoms with Crippen molar-refractivity contribution < 1.29 is 24.5 Å². The van der Waals surface area contributed by atoms with E-state index in [0.29, 0.717) is 12.8 Å². The maximum atomic E-state index is 12.1. The third-order valence-electron chi connectivity index (χ3n) is 5.12. The first-order chi connectivity index (χ1) is 13.5. The van der Waals surface area contributed by atoms with Gasteiger partial charge in [0.15, 0.2) is 0 Å². The van der Waals surface area contributed by atoms with E-state index in [1.807, 2.05) is 0 Å². The van der Waals surface area contributed by atoms with E-state index < -0.39 is 24.1 Å². The molecule has 0 aromatic rings. The lowest BCUT2D eigenvalue weighted by Gasteiger charge is -2.17. The summed E-state index contributed by atoms with van der Waals surface area (Å²) >= 11 is 0. The minimum absolute atomic E-state index is 0.0392. The molecule has 0 aromatic carbocycles. The summed E-state index contributed by atoms with van der Waals surface area (Å²) in [6.07, 6.45) is 14.6. The predicted octanol–water partition coefficient (Wildman–Crippen LogP) is 6.02. The number of aliphatic hydroxyl groups is 1. The topological polar surface area (TPSA) is 83.8 Å². The molecule has 0 aliphatic rings. The van der Waals surface area contributed by atoms with Crippen LogP contribution in [-0.4, -0.2) is 34.4 Å². The Balaban J connectivity index is 3.96. The quantitative estimate of drug-likeness (QED) is 0.193. The van der Waals surface area contributed by atoms with Gasteiger partial charge >= 0.3 is 11.9 Å². The van der Waals surface area contributed by atoms with Crippen LogP contribution in [0, 0.1) is 0 Å². The third kappa shape index (κ3) is 18.3. The Bertz CT molecular complexity index is 383. The first kappa shape index (κ1) is 26.9. The number of esters is 1. The Hall–Kier alpha value is -1.10. The number of carboxylic acids is 1. The van der Waals surface area contributed by atoms with Crippen molar-refractivity contribution in [2.75, 3.05) is 0 Å². The van der Waals surface area contributed by atoms with E-state index in [0.717, 1.165) is 32.1 Å². The van der Waals surface area contributed by atoms with Gasteiger partial charge in [0.2, 0.25) is 0 Å². The summed E-state index contributed by atoms with van der Waals surface area (Å²) in [4.78, 5) is 23.1.